The first-order valence-electron chi connectivity index (χ1n) is 4.07. The minimum Gasteiger partial charge on any atom is -0.283 e. The number of nitrogens with zero attached hydrogens (tertiary/aromatic N) is 1. The third-order valence-corrected chi connectivity index (χ3v) is 3.48. The van der Waals surface area contributed by atoms with E-state index in [1.54, 1.807) is 24.3 Å². The summed E-state index contributed by atoms with van der Waals surface area (Å²) >= 11 is 0. The summed E-state index contributed by atoms with van der Waals surface area (Å²) < 4.78 is 31.1. The molecule has 0 aromatic heterocycles. The highest BCUT2D eigenvalue weighted by molar-refractivity contribution is 7.87. The van der Waals surface area contributed by atoms with Crippen LogP contribution in [-0.2, 0) is 10.1 Å². The van der Waals surface area contributed by atoms with Crippen LogP contribution in [0.15, 0.2) is 29.3 Å². The predicted molar refractivity (Wildman–Crippen MR) is 51.6 cm³/mol. The van der Waals surface area contributed by atoms with Crippen LogP contribution in [0.2, 0.25) is 0 Å². The Kier molecular flexibility index (Phi) is 1.77. The van der Waals surface area contributed by atoms with Crippen molar-refractivity contribution in [2.45, 2.75) is 11.8 Å². The molecule has 0 radical (unpaired) electrons. The van der Waals surface area contributed by atoms with Crippen molar-refractivity contribution in [2.24, 2.45) is 4.99 Å². The number of fused-ring (bicyclic) bond motifs is 1. The molecule has 0 saturated carbocycles. The van der Waals surface area contributed by atoms with Gasteiger partial charge in [0.1, 0.15) is 0 Å². The van der Waals surface area contributed by atoms with Gasteiger partial charge < -0.3 is 0 Å². The van der Waals surface area contributed by atoms with E-state index in [1.165, 1.54) is 13.0 Å². The smallest absolute Gasteiger partial charge is 0.283 e. The minimum absolute atomic E-state index is 0.590. The van der Waals surface area contributed by atoms with Crippen LogP contribution in [-0.4, -0.2) is 17.8 Å². The second-order valence-corrected chi connectivity index (χ2v) is 5.12. The lowest BCUT2D eigenvalue weighted by Gasteiger charge is -2.13. The molecule has 14 heavy (non-hydrogen) atoms. The average molecular weight is 211 g/mol. The van der Waals surface area contributed by atoms with Crippen molar-refractivity contribution in [3.63, 3.8) is 0 Å². The molecule has 0 aliphatic carbocycles. The number of hydrogen-bond acceptors (Lipinski definition) is 3. The molecule has 1 aliphatic heterocycles. The number of para-hydroxylation sites is 1. The summed E-state index contributed by atoms with van der Waals surface area (Å²) in [5, 5.41) is 1.32. The van der Waals surface area contributed by atoms with Crippen LogP contribution in [0.4, 0.5) is 0 Å². The van der Waals surface area contributed by atoms with Crippen molar-refractivity contribution in [3.05, 3.63) is 34.8 Å². The Bertz CT molecular complexity index is 554. The van der Waals surface area contributed by atoms with E-state index in [0.717, 1.165) is 5.22 Å². The summed E-state index contributed by atoms with van der Waals surface area (Å²) in [5.41, 5.74) is 0. The van der Waals surface area contributed by atoms with E-state index in [0.29, 0.717) is 5.36 Å². The van der Waals surface area contributed by atoms with Crippen LogP contribution >= 0.6 is 0 Å². The lowest BCUT2D eigenvalue weighted by atomic mass is 10.2. The van der Waals surface area contributed by atoms with Crippen molar-refractivity contribution < 1.29 is 13.0 Å². The summed E-state index contributed by atoms with van der Waals surface area (Å²) in [4.78, 5) is 2.43. The van der Waals surface area contributed by atoms with Crippen molar-refractivity contribution in [1.82, 2.24) is 0 Å². The summed E-state index contributed by atoms with van der Waals surface area (Å²) in [6.07, 6.45) is 1.44. The van der Waals surface area contributed by atoms with Gasteiger partial charge in [-0.15, -0.1) is 0 Å². The largest absolute Gasteiger partial charge is 0.294 e. The third-order valence-electron chi connectivity index (χ3n) is 2.22. The lowest BCUT2D eigenvalue weighted by Crippen LogP contribution is -2.29. The fourth-order valence-electron chi connectivity index (χ4n) is 1.40. The van der Waals surface area contributed by atoms with Crippen LogP contribution in [0.1, 0.15) is 6.92 Å². The standard InChI is InChI=1S/C9H9NO3S/c1-9(14(11,12)13)6-7-4-2-3-5-8(7)10-9/h2-6H,1H3,(H,11,12,13). The highest BCUT2D eigenvalue weighted by Crippen LogP contribution is 2.20. The molecular formula is C9H9NO3S. The number of benzene rings is 1. The van der Waals surface area contributed by atoms with Gasteiger partial charge in [0, 0.05) is 0 Å². The van der Waals surface area contributed by atoms with Gasteiger partial charge in [0.25, 0.3) is 10.1 Å². The SMILES string of the molecule is CC1(S(=O)(=O)O)C=c2ccccc2=N1. The second-order valence-electron chi connectivity index (χ2n) is 3.34. The van der Waals surface area contributed by atoms with Crippen molar-refractivity contribution in [1.29, 1.82) is 0 Å². The third kappa shape index (κ3) is 1.25. The van der Waals surface area contributed by atoms with Crippen molar-refractivity contribution in [2.75, 3.05) is 0 Å². The fourth-order valence-corrected chi connectivity index (χ4v) is 1.89. The number of hydrogen-bond donors (Lipinski definition) is 1. The Morgan fingerprint density at radius 3 is 2.57 bits per heavy atom. The summed E-state index contributed by atoms with van der Waals surface area (Å²) in [5.74, 6) is 0. The molecule has 0 spiro atoms. The van der Waals surface area contributed by atoms with Gasteiger partial charge in [-0.1, -0.05) is 18.2 Å². The van der Waals surface area contributed by atoms with Crippen LogP contribution < -0.4 is 10.6 Å². The molecule has 1 unspecified atom stereocenters. The van der Waals surface area contributed by atoms with Crippen molar-refractivity contribution >= 4 is 16.2 Å². The highest BCUT2D eigenvalue weighted by Gasteiger charge is 2.37. The van der Waals surface area contributed by atoms with E-state index in [1.807, 2.05) is 0 Å². The zero-order chi connectivity index (χ0) is 10.4. The first kappa shape index (κ1) is 9.36. The normalized spacial score (nSPS) is 25.0. The Hall–Kier alpha value is -1.20. The molecular weight excluding hydrogens is 202 g/mol. The maximum absolute atomic E-state index is 11.1. The summed E-state index contributed by atoms with van der Waals surface area (Å²) in [6, 6.07) is 7.03. The molecule has 4 nitrogen and oxygen atoms in total. The monoisotopic (exact) mass is 211 g/mol. The average Bonchev–Trinajstić information content (AvgIpc) is 2.40. The molecule has 1 aliphatic rings. The summed E-state index contributed by atoms with van der Waals surface area (Å²) in [7, 11) is -4.19. The van der Waals surface area contributed by atoms with E-state index >= 15 is 0 Å². The molecule has 1 N–H and O–H groups in total. The van der Waals surface area contributed by atoms with Gasteiger partial charge in [-0.2, -0.15) is 8.42 Å². The van der Waals surface area contributed by atoms with Crippen LogP contribution in [0, 0.1) is 0 Å². The molecule has 0 bridgehead atoms. The molecule has 1 aromatic rings. The molecule has 74 valence electrons. The maximum Gasteiger partial charge on any atom is 0.294 e. The van der Waals surface area contributed by atoms with E-state index in [-0.39, 0.29) is 0 Å². The first-order chi connectivity index (χ1) is 6.42. The minimum atomic E-state index is -4.19. The number of rotatable bonds is 1. The van der Waals surface area contributed by atoms with Crippen LogP contribution in [0.3, 0.4) is 0 Å². The quantitative estimate of drug-likeness (QED) is 0.649. The Balaban J connectivity index is 2.77. The lowest BCUT2D eigenvalue weighted by molar-refractivity contribution is 0.460. The van der Waals surface area contributed by atoms with Gasteiger partial charge >= 0.3 is 0 Å². The zero-order valence-electron chi connectivity index (χ0n) is 7.51. The zero-order valence-corrected chi connectivity index (χ0v) is 8.32. The molecule has 2 rings (SSSR count). The Labute approximate surface area is 81.4 Å². The van der Waals surface area contributed by atoms with Gasteiger partial charge in [0.2, 0.25) is 4.87 Å². The van der Waals surface area contributed by atoms with Crippen LogP contribution in [0.5, 0.6) is 0 Å². The Morgan fingerprint density at radius 2 is 2.00 bits per heavy atom. The second kappa shape index (κ2) is 2.65. The Morgan fingerprint density at radius 1 is 1.36 bits per heavy atom. The molecule has 1 heterocycles. The van der Waals surface area contributed by atoms with Crippen LogP contribution in [0.25, 0.3) is 6.08 Å². The maximum atomic E-state index is 11.1. The van der Waals surface area contributed by atoms with E-state index in [4.69, 9.17) is 4.55 Å². The molecule has 0 amide bonds. The van der Waals surface area contributed by atoms with Gasteiger partial charge in [-0.05, 0) is 24.3 Å². The molecule has 1 atom stereocenters. The van der Waals surface area contributed by atoms with Gasteiger partial charge in [-0.3, -0.25) is 9.55 Å². The van der Waals surface area contributed by atoms with E-state index in [2.05, 4.69) is 4.99 Å². The topological polar surface area (TPSA) is 66.7 Å². The fraction of sp³-hybridized carbons (Fsp3) is 0.222. The predicted octanol–water partition coefficient (Wildman–Crippen LogP) is -0.296. The summed E-state index contributed by atoms with van der Waals surface area (Å²) in [6.45, 7) is 1.36. The highest BCUT2D eigenvalue weighted by atomic mass is 32.2. The molecule has 0 saturated heterocycles. The molecule has 5 heteroatoms. The van der Waals surface area contributed by atoms with Gasteiger partial charge in [0.15, 0.2) is 0 Å². The first-order valence-corrected chi connectivity index (χ1v) is 5.51. The van der Waals surface area contributed by atoms with Gasteiger partial charge in [-0.25, -0.2) is 0 Å². The van der Waals surface area contributed by atoms with E-state index < -0.39 is 15.0 Å². The molecule has 0 fully saturated rings. The van der Waals surface area contributed by atoms with Crippen molar-refractivity contribution in [3.8, 4) is 0 Å². The van der Waals surface area contributed by atoms with Gasteiger partial charge in [0.05, 0.1) is 5.36 Å². The molecule has 1 aromatic carbocycles. The van der Waals surface area contributed by atoms with E-state index in [9.17, 15) is 8.42 Å².